The lowest BCUT2D eigenvalue weighted by Gasteiger charge is -2.34. The zero-order chi connectivity index (χ0) is 22.7. The highest BCUT2D eigenvalue weighted by molar-refractivity contribution is 5.98. The van der Waals surface area contributed by atoms with Gasteiger partial charge in [0.15, 0.2) is 11.5 Å². The number of hydrogen-bond donors (Lipinski definition) is 2. The maximum Gasteiger partial charge on any atom is 0.244 e. The van der Waals surface area contributed by atoms with Crippen LogP contribution >= 0.6 is 0 Å². The van der Waals surface area contributed by atoms with Gasteiger partial charge in [-0.3, -0.25) is 14.8 Å². The summed E-state index contributed by atoms with van der Waals surface area (Å²) in [4.78, 5) is 30.0. The molecule has 3 aromatic rings. The number of likely N-dealkylation sites (N-methyl/N-ethyl adjacent to an activating group) is 1. The molecule has 174 valence electrons. The van der Waals surface area contributed by atoms with Crippen LogP contribution in [-0.2, 0) is 22.4 Å². The van der Waals surface area contributed by atoms with Gasteiger partial charge in [-0.1, -0.05) is 6.92 Å². The van der Waals surface area contributed by atoms with Crippen molar-refractivity contribution in [2.24, 2.45) is 11.3 Å². The fraction of sp³-hybridized carbons (Fsp3) is 0.583. The van der Waals surface area contributed by atoms with Crippen LogP contribution in [-0.4, -0.2) is 74.8 Å². The minimum atomic E-state index is -0.203. The number of carbonyl (C=O) groups is 1. The SMILES string of the molecule is CCN(C(=O)[C@@H](C)N1CCOCC1)c1cnc2nc(-c3n[nH]c4c3C[C@@H]3C[C@]3(C)C4)[nH]c2c1. The zero-order valence-corrected chi connectivity index (χ0v) is 19.5. The zero-order valence-electron chi connectivity index (χ0n) is 19.5. The van der Waals surface area contributed by atoms with Crippen molar-refractivity contribution in [3.05, 3.63) is 23.5 Å². The van der Waals surface area contributed by atoms with Gasteiger partial charge in [0.1, 0.15) is 5.69 Å². The van der Waals surface area contributed by atoms with E-state index in [0.717, 1.165) is 54.6 Å². The monoisotopic (exact) mass is 449 g/mol. The molecule has 4 heterocycles. The Morgan fingerprint density at radius 2 is 2.21 bits per heavy atom. The van der Waals surface area contributed by atoms with Crippen LogP contribution in [0.2, 0.25) is 0 Å². The number of aromatic nitrogens is 5. The van der Waals surface area contributed by atoms with Crippen LogP contribution in [0.5, 0.6) is 0 Å². The van der Waals surface area contributed by atoms with E-state index in [9.17, 15) is 4.79 Å². The number of imidazole rings is 1. The molecule has 1 saturated heterocycles. The van der Waals surface area contributed by atoms with Crippen molar-refractivity contribution >= 4 is 22.8 Å². The Hall–Kier alpha value is -2.78. The molecule has 9 nitrogen and oxygen atoms in total. The van der Waals surface area contributed by atoms with Crippen molar-refractivity contribution < 1.29 is 9.53 Å². The van der Waals surface area contributed by atoms with E-state index in [0.29, 0.717) is 30.8 Å². The largest absolute Gasteiger partial charge is 0.379 e. The van der Waals surface area contributed by atoms with Crippen LogP contribution in [0.1, 0.15) is 38.4 Å². The average molecular weight is 450 g/mol. The lowest BCUT2D eigenvalue weighted by Crippen LogP contribution is -2.51. The Morgan fingerprint density at radius 3 is 3.00 bits per heavy atom. The second kappa shape index (κ2) is 7.63. The van der Waals surface area contributed by atoms with Gasteiger partial charge in [-0.15, -0.1) is 0 Å². The molecule has 0 radical (unpaired) electrons. The summed E-state index contributed by atoms with van der Waals surface area (Å²) in [6.07, 6.45) is 5.17. The molecule has 9 heteroatoms. The highest BCUT2D eigenvalue weighted by Crippen LogP contribution is 2.59. The summed E-state index contributed by atoms with van der Waals surface area (Å²) < 4.78 is 5.43. The standard InChI is InChI=1S/C24H31N7O2/c1-4-31(23(32)14(2)30-5-7-33-8-6-30)16-10-18-21(25-13-16)27-22(26-18)20-17-9-15-11-24(15,3)12-19(17)28-29-20/h10,13-15H,4-9,11-12H2,1-3H3,(H,28,29)(H,25,26,27)/t14-,15-,24-/m1/s1. The molecule has 1 aliphatic heterocycles. The minimum Gasteiger partial charge on any atom is -0.379 e. The van der Waals surface area contributed by atoms with Crippen molar-refractivity contribution in [1.82, 2.24) is 30.0 Å². The summed E-state index contributed by atoms with van der Waals surface area (Å²) in [6.45, 7) is 9.81. The van der Waals surface area contributed by atoms with E-state index in [-0.39, 0.29) is 11.9 Å². The number of hydrogen-bond acceptors (Lipinski definition) is 6. The fourth-order valence-corrected chi connectivity index (χ4v) is 5.61. The molecule has 2 aliphatic carbocycles. The topological polar surface area (TPSA) is 103 Å². The van der Waals surface area contributed by atoms with Gasteiger partial charge in [-0.25, -0.2) is 9.97 Å². The number of fused-ring (bicyclic) bond motifs is 3. The number of ether oxygens (including phenoxy) is 1. The Morgan fingerprint density at radius 1 is 1.39 bits per heavy atom. The maximum atomic E-state index is 13.3. The van der Waals surface area contributed by atoms with Crippen LogP contribution in [0.25, 0.3) is 22.7 Å². The molecule has 1 saturated carbocycles. The van der Waals surface area contributed by atoms with E-state index < -0.39 is 0 Å². The molecule has 33 heavy (non-hydrogen) atoms. The number of nitrogens with one attached hydrogen (secondary N) is 2. The number of amides is 1. The van der Waals surface area contributed by atoms with Crippen LogP contribution < -0.4 is 4.90 Å². The van der Waals surface area contributed by atoms with Gasteiger partial charge in [0.25, 0.3) is 0 Å². The second-order valence-electron chi connectivity index (χ2n) is 10.0. The van der Waals surface area contributed by atoms with Crippen molar-refractivity contribution in [3.8, 4) is 11.5 Å². The lowest BCUT2D eigenvalue weighted by molar-refractivity contribution is -0.124. The number of pyridine rings is 1. The first-order valence-electron chi connectivity index (χ1n) is 12.0. The highest BCUT2D eigenvalue weighted by atomic mass is 16.5. The number of aromatic amines is 2. The molecular weight excluding hydrogens is 418 g/mol. The van der Waals surface area contributed by atoms with E-state index >= 15 is 0 Å². The van der Waals surface area contributed by atoms with Gasteiger partial charge >= 0.3 is 0 Å². The van der Waals surface area contributed by atoms with Gasteiger partial charge in [-0.2, -0.15) is 5.10 Å². The summed E-state index contributed by atoms with van der Waals surface area (Å²) in [6, 6.07) is 1.77. The highest BCUT2D eigenvalue weighted by Gasteiger charge is 2.53. The number of rotatable bonds is 5. The smallest absolute Gasteiger partial charge is 0.244 e. The van der Waals surface area contributed by atoms with Crippen molar-refractivity contribution in [3.63, 3.8) is 0 Å². The first-order chi connectivity index (χ1) is 16.0. The third-order valence-corrected chi connectivity index (χ3v) is 7.91. The summed E-state index contributed by atoms with van der Waals surface area (Å²) in [7, 11) is 0. The van der Waals surface area contributed by atoms with Crippen LogP contribution in [0.4, 0.5) is 5.69 Å². The van der Waals surface area contributed by atoms with E-state index in [4.69, 9.17) is 9.72 Å². The molecule has 3 aromatic heterocycles. The third kappa shape index (κ3) is 3.45. The molecule has 1 amide bonds. The molecular formula is C24H31N7O2. The molecule has 2 N–H and O–H groups in total. The molecule has 0 aromatic carbocycles. The van der Waals surface area contributed by atoms with E-state index in [1.54, 1.807) is 11.1 Å². The number of H-pyrrole nitrogens is 2. The molecule has 0 unspecified atom stereocenters. The van der Waals surface area contributed by atoms with Crippen LogP contribution in [0, 0.1) is 11.3 Å². The minimum absolute atomic E-state index is 0.0779. The van der Waals surface area contributed by atoms with E-state index in [1.165, 1.54) is 17.7 Å². The van der Waals surface area contributed by atoms with Crippen LogP contribution in [0.3, 0.4) is 0 Å². The van der Waals surface area contributed by atoms with Crippen molar-refractivity contribution in [2.75, 3.05) is 37.7 Å². The summed E-state index contributed by atoms with van der Waals surface area (Å²) in [5.74, 6) is 1.58. The quantitative estimate of drug-likeness (QED) is 0.621. The van der Waals surface area contributed by atoms with Crippen molar-refractivity contribution in [2.45, 2.75) is 46.1 Å². The second-order valence-corrected chi connectivity index (χ2v) is 10.0. The summed E-state index contributed by atoms with van der Waals surface area (Å²) in [5.41, 5.74) is 6.13. The number of morpholine rings is 1. The molecule has 0 spiro atoms. The predicted octanol–water partition coefficient (Wildman–Crippen LogP) is 2.55. The molecule has 6 rings (SSSR count). The third-order valence-electron chi connectivity index (χ3n) is 7.91. The van der Waals surface area contributed by atoms with Gasteiger partial charge < -0.3 is 14.6 Å². The van der Waals surface area contributed by atoms with Gasteiger partial charge in [0, 0.05) is 30.9 Å². The molecule has 2 fully saturated rings. The lowest BCUT2D eigenvalue weighted by atomic mass is 9.88. The Labute approximate surface area is 192 Å². The summed E-state index contributed by atoms with van der Waals surface area (Å²) >= 11 is 0. The Bertz CT molecular complexity index is 1210. The van der Waals surface area contributed by atoms with Crippen molar-refractivity contribution in [1.29, 1.82) is 0 Å². The number of anilines is 1. The number of carbonyl (C=O) groups excluding carboxylic acids is 1. The van der Waals surface area contributed by atoms with Gasteiger partial charge in [-0.05, 0) is 50.5 Å². The van der Waals surface area contributed by atoms with E-state index in [1.807, 2.05) is 19.9 Å². The van der Waals surface area contributed by atoms with E-state index in [2.05, 4.69) is 32.0 Å². The van der Waals surface area contributed by atoms with Gasteiger partial charge in [0.2, 0.25) is 5.91 Å². The maximum absolute atomic E-state index is 13.3. The average Bonchev–Trinajstić information content (AvgIpc) is 3.12. The normalized spacial score (nSPS) is 25.5. The molecule has 3 aliphatic rings. The Kier molecular flexibility index (Phi) is 4.81. The summed E-state index contributed by atoms with van der Waals surface area (Å²) in [5, 5.41) is 7.85. The molecule has 0 bridgehead atoms. The first-order valence-corrected chi connectivity index (χ1v) is 12.0. The van der Waals surface area contributed by atoms with Gasteiger partial charge in [0.05, 0.1) is 36.7 Å². The number of nitrogens with zero attached hydrogens (tertiary/aromatic N) is 5. The Balaban J connectivity index is 1.27. The first kappa shape index (κ1) is 20.8. The fourth-order valence-electron chi connectivity index (χ4n) is 5.61. The molecule has 3 atom stereocenters. The predicted molar refractivity (Wildman–Crippen MR) is 125 cm³/mol. The van der Waals surface area contributed by atoms with Crippen LogP contribution in [0.15, 0.2) is 12.3 Å².